The van der Waals surface area contributed by atoms with E-state index in [0.29, 0.717) is 0 Å². The van der Waals surface area contributed by atoms with Gasteiger partial charge in [-0.1, -0.05) is 0 Å². The molecule has 0 saturated carbocycles. The highest BCUT2D eigenvalue weighted by Gasteiger charge is 2.13. The Hall–Kier alpha value is -1.83. The van der Waals surface area contributed by atoms with E-state index in [1.807, 2.05) is 22.6 Å². The van der Waals surface area contributed by atoms with Gasteiger partial charge in [0.2, 0.25) is 0 Å². The Morgan fingerprint density at radius 3 is 2.74 bits per heavy atom. The van der Waals surface area contributed by atoms with Gasteiger partial charge in [-0.3, -0.25) is 4.79 Å². The normalized spacial score (nSPS) is 10.2. The Kier molecular flexibility index (Phi) is 3.89. The molecule has 0 aliphatic carbocycles. The minimum absolute atomic E-state index is 0.107. The van der Waals surface area contributed by atoms with Gasteiger partial charge in [0.15, 0.2) is 0 Å². The van der Waals surface area contributed by atoms with Gasteiger partial charge in [-0.2, -0.15) is 0 Å². The summed E-state index contributed by atoms with van der Waals surface area (Å²) < 4.78 is 13.9. The van der Waals surface area contributed by atoms with Crippen LogP contribution >= 0.6 is 22.6 Å². The third-order valence-electron chi connectivity index (χ3n) is 2.47. The van der Waals surface area contributed by atoms with E-state index >= 15 is 0 Å². The first-order chi connectivity index (χ1) is 8.97. The number of rotatable bonds is 2. The van der Waals surface area contributed by atoms with Crippen LogP contribution in [0.4, 0.5) is 15.8 Å². The fraction of sp³-hybridized carbons (Fsp3) is 0. The number of anilines is 2. The first kappa shape index (κ1) is 13.6. The molecule has 4 nitrogen and oxygen atoms in total. The van der Waals surface area contributed by atoms with E-state index in [0.717, 1.165) is 9.64 Å². The fourth-order valence-electron chi connectivity index (χ4n) is 1.52. The van der Waals surface area contributed by atoms with Gasteiger partial charge in [-0.25, -0.2) is 4.39 Å². The number of phenolic OH excluding ortho intramolecular Hbond substituents is 1. The van der Waals surface area contributed by atoms with Crippen molar-refractivity contribution in [2.45, 2.75) is 0 Å². The molecule has 2 aromatic carbocycles. The quantitative estimate of drug-likeness (QED) is 0.561. The lowest BCUT2D eigenvalue weighted by atomic mass is 10.1. The maximum absolute atomic E-state index is 13.1. The van der Waals surface area contributed by atoms with Crippen molar-refractivity contribution in [1.82, 2.24) is 0 Å². The van der Waals surface area contributed by atoms with Crippen LogP contribution in [-0.4, -0.2) is 11.0 Å². The van der Waals surface area contributed by atoms with Crippen molar-refractivity contribution in [2.24, 2.45) is 0 Å². The average Bonchev–Trinajstić information content (AvgIpc) is 2.36. The zero-order valence-corrected chi connectivity index (χ0v) is 11.8. The molecule has 0 aromatic heterocycles. The highest BCUT2D eigenvalue weighted by Crippen LogP contribution is 2.24. The third kappa shape index (κ3) is 3.14. The molecule has 0 fully saturated rings. The molecular formula is C13H10FIN2O2. The van der Waals surface area contributed by atoms with Crippen LogP contribution in [0.15, 0.2) is 36.4 Å². The number of hydrogen-bond donors (Lipinski definition) is 3. The lowest BCUT2D eigenvalue weighted by molar-refractivity contribution is 0.102. The summed E-state index contributed by atoms with van der Waals surface area (Å²) in [7, 11) is 0. The number of carbonyl (C=O) groups excluding carboxylic acids is 1. The molecule has 2 rings (SSSR count). The van der Waals surface area contributed by atoms with Crippen molar-refractivity contribution < 1.29 is 14.3 Å². The largest absolute Gasteiger partial charge is 0.507 e. The van der Waals surface area contributed by atoms with Gasteiger partial charge in [0.05, 0.1) is 16.9 Å². The standard InChI is InChI=1S/C13H10FIN2O2/c14-7-1-3-10(16)11(5-7)17-13(19)9-6-8(15)2-4-12(9)18/h1-6,18H,16H2,(H,17,19). The Morgan fingerprint density at radius 1 is 1.26 bits per heavy atom. The zero-order chi connectivity index (χ0) is 14.0. The molecular weight excluding hydrogens is 362 g/mol. The number of halogens is 2. The molecule has 0 saturated heterocycles. The highest BCUT2D eigenvalue weighted by atomic mass is 127. The molecule has 0 aliphatic heterocycles. The topological polar surface area (TPSA) is 75.3 Å². The Morgan fingerprint density at radius 2 is 2.00 bits per heavy atom. The van der Waals surface area contributed by atoms with Crippen molar-refractivity contribution >= 4 is 39.9 Å². The SMILES string of the molecule is Nc1ccc(F)cc1NC(=O)c1cc(I)ccc1O. The highest BCUT2D eigenvalue weighted by molar-refractivity contribution is 14.1. The van der Waals surface area contributed by atoms with E-state index in [1.54, 1.807) is 6.07 Å². The van der Waals surface area contributed by atoms with Crippen LogP contribution in [0.2, 0.25) is 0 Å². The molecule has 1 amide bonds. The van der Waals surface area contributed by atoms with Gasteiger partial charge in [-0.15, -0.1) is 0 Å². The molecule has 0 radical (unpaired) electrons. The van der Waals surface area contributed by atoms with Crippen LogP contribution in [0.1, 0.15) is 10.4 Å². The second-order valence-corrected chi connectivity index (χ2v) is 5.09. The van der Waals surface area contributed by atoms with E-state index in [4.69, 9.17) is 5.73 Å². The molecule has 0 bridgehead atoms. The summed E-state index contributed by atoms with van der Waals surface area (Å²) >= 11 is 2.02. The molecule has 0 heterocycles. The first-order valence-corrected chi connectivity index (χ1v) is 6.40. The van der Waals surface area contributed by atoms with Crippen LogP contribution < -0.4 is 11.1 Å². The second kappa shape index (κ2) is 5.43. The molecule has 2 aromatic rings. The fourth-order valence-corrected chi connectivity index (χ4v) is 2.01. The predicted molar refractivity (Wildman–Crippen MR) is 79.6 cm³/mol. The van der Waals surface area contributed by atoms with Gasteiger partial charge in [0.1, 0.15) is 11.6 Å². The Balaban J connectivity index is 2.30. The van der Waals surface area contributed by atoms with E-state index < -0.39 is 11.7 Å². The Labute approximate surface area is 122 Å². The maximum atomic E-state index is 13.1. The number of phenols is 1. The van der Waals surface area contributed by atoms with Crippen LogP contribution in [-0.2, 0) is 0 Å². The van der Waals surface area contributed by atoms with Crippen LogP contribution in [0.25, 0.3) is 0 Å². The van der Waals surface area contributed by atoms with Crippen molar-refractivity contribution in [3.8, 4) is 5.75 Å². The monoisotopic (exact) mass is 372 g/mol. The minimum atomic E-state index is -0.548. The summed E-state index contributed by atoms with van der Waals surface area (Å²) in [6.45, 7) is 0. The van der Waals surface area contributed by atoms with Crippen molar-refractivity contribution in [3.63, 3.8) is 0 Å². The summed E-state index contributed by atoms with van der Waals surface area (Å²) in [5, 5.41) is 12.1. The van der Waals surface area contributed by atoms with Crippen LogP contribution in [0.5, 0.6) is 5.75 Å². The lowest BCUT2D eigenvalue weighted by Crippen LogP contribution is -2.13. The average molecular weight is 372 g/mol. The van der Waals surface area contributed by atoms with Crippen molar-refractivity contribution in [3.05, 3.63) is 51.3 Å². The predicted octanol–water partition coefficient (Wildman–Crippen LogP) is 2.97. The maximum Gasteiger partial charge on any atom is 0.259 e. The van der Waals surface area contributed by atoms with Gasteiger partial charge < -0.3 is 16.2 Å². The van der Waals surface area contributed by atoms with Crippen LogP contribution in [0.3, 0.4) is 0 Å². The molecule has 0 unspecified atom stereocenters. The summed E-state index contributed by atoms with van der Waals surface area (Å²) in [5.74, 6) is -1.20. The first-order valence-electron chi connectivity index (χ1n) is 5.32. The number of carbonyl (C=O) groups is 1. The van der Waals surface area contributed by atoms with Gasteiger partial charge in [0.25, 0.3) is 5.91 Å². The van der Waals surface area contributed by atoms with Gasteiger partial charge >= 0.3 is 0 Å². The van der Waals surface area contributed by atoms with Crippen molar-refractivity contribution in [2.75, 3.05) is 11.1 Å². The summed E-state index contributed by atoms with van der Waals surface area (Å²) in [4.78, 5) is 12.0. The van der Waals surface area contributed by atoms with Gasteiger partial charge in [0, 0.05) is 3.57 Å². The van der Waals surface area contributed by atoms with E-state index in [1.165, 1.54) is 24.3 Å². The molecule has 0 atom stereocenters. The molecule has 98 valence electrons. The number of amides is 1. The molecule has 0 aliphatic rings. The van der Waals surface area contributed by atoms with Gasteiger partial charge in [-0.05, 0) is 59.0 Å². The minimum Gasteiger partial charge on any atom is -0.507 e. The third-order valence-corrected chi connectivity index (χ3v) is 3.14. The molecule has 6 heteroatoms. The number of nitrogens with two attached hydrogens (primary N) is 1. The second-order valence-electron chi connectivity index (χ2n) is 3.85. The van der Waals surface area contributed by atoms with E-state index in [-0.39, 0.29) is 22.7 Å². The lowest BCUT2D eigenvalue weighted by Gasteiger charge is -2.09. The summed E-state index contributed by atoms with van der Waals surface area (Å²) in [6, 6.07) is 8.31. The number of hydrogen-bond acceptors (Lipinski definition) is 3. The Bertz CT molecular complexity index is 647. The number of aromatic hydroxyl groups is 1. The number of nitrogens with one attached hydrogen (secondary N) is 1. The van der Waals surface area contributed by atoms with Crippen molar-refractivity contribution in [1.29, 1.82) is 0 Å². The molecule has 19 heavy (non-hydrogen) atoms. The summed E-state index contributed by atoms with van der Waals surface area (Å²) in [5.41, 5.74) is 6.16. The van der Waals surface area contributed by atoms with E-state index in [2.05, 4.69) is 5.32 Å². The molecule has 0 spiro atoms. The summed E-state index contributed by atoms with van der Waals surface area (Å²) in [6.07, 6.45) is 0. The van der Waals surface area contributed by atoms with E-state index in [9.17, 15) is 14.3 Å². The van der Waals surface area contributed by atoms with Crippen LogP contribution in [0, 0.1) is 9.39 Å². The number of benzene rings is 2. The molecule has 4 N–H and O–H groups in total. The zero-order valence-electron chi connectivity index (χ0n) is 9.65. The smallest absolute Gasteiger partial charge is 0.259 e. The number of nitrogen functional groups attached to an aromatic ring is 1.